The minimum absolute atomic E-state index is 0.107. The van der Waals surface area contributed by atoms with E-state index in [1.807, 2.05) is 30.3 Å². The summed E-state index contributed by atoms with van der Waals surface area (Å²) in [6, 6.07) is 9.24. The highest BCUT2D eigenvalue weighted by atomic mass is 16.5. The molecule has 1 aromatic rings. The van der Waals surface area contributed by atoms with Crippen LogP contribution in [0.25, 0.3) is 0 Å². The molecule has 1 aliphatic heterocycles. The number of aliphatic hydroxyl groups excluding tert-OH is 1. The number of amides is 1. The van der Waals surface area contributed by atoms with Crippen molar-refractivity contribution in [1.82, 2.24) is 5.32 Å². The minimum atomic E-state index is -0.732. The molecule has 1 amide bonds. The van der Waals surface area contributed by atoms with Crippen molar-refractivity contribution in [3.63, 3.8) is 0 Å². The number of benzene rings is 1. The van der Waals surface area contributed by atoms with Crippen molar-refractivity contribution in [2.75, 3.05) is 13.2 Å². The van der Waals surface area contributed by atoms with E-state index in [1.54, 1.807) is 0 Å². The molecular formula is C15H21NO3. The molecule has 104 valence electrons. The van der Waals surface area contributed by atoms with E-state index in [-0.39, 0.29) is 12.3 Å². The fourth-order valence-electron chi connectivity index (χ4n) is 2.29. The van der Waals surface area contributed by atoms with E-state index in [4.69, 9.17) is 4.74 Å². The highest BCUT2D eigenvalue weighted by Gasteiger charge is 2.16. The number of hydrogen-bond donors (Lipinski definition) is 2. The largest absolute Gasteiger partial charge is 0.388 e. The normalized spacial score (nSPS) is 20.2. The quantitative estimate of drug-likeness (QED) is 0.822. The first-order chi connectivity index (χ1) is 9.25. The molecule has 4 heteroatoms. The molecule has 1 aliphatic rings. The van der Waals surface area contributed by atoms with Gasteiger partial charge in [0.1, 0.15) is 0 Å². The Labute approximate surface area is 113 Å². The number of carbonyl (C=O) groups is 1. The fraction of sp³-hybridized carbons (Fsp3) is 0.533. The van der Waals surface area contributed by atoms with Crippen molar-refractivity contribution in [1.29, 1.82) is 0 Å². The van der Waals surface area contributed by atoms with Crippen molar-refractivity contribution in [2.45, 2.75) is 37.9 Å². The molecule has 1 saturated heterocycles. The first-order valence-corrected chi connectivity index (χ1v) is 6.87. The summed E-state index contributed by atoms with van der Waals surface area (Å²) in [5.74, 6) is -0.116. The minimum Gasteiger partial charge on any atom is -0.388 e. The number of aliphatic hydroxyl groups is 1. The summed E-state index contributed by atoms with van der Waals surface area (Å²) in [7, 11) is 0. The Morgan fingerprint density at radius 2 is 2.21 bits per heavy atom. The zero-order chi connectivity index (χ0) is 13.5. The summed E-state index contributed by atoms with van der Waals surface area (Å²) < 4.78 is 5.48. The maximum Gasteiger partial charge on any atom is 0.222 e. The first-order valence-electron chi connectivity index (χ1n) is 6.87. The number of rotatable bonds is 6. The van der Waals surface area contributed by atoms with Gasteiger partial charge in [0.05, 0.1) is 18.6 Å². The van der Waals surface area contributed by atoms with E-state index >= 15 is 0 Å². The highest BCUT2D eigenvalue weighted by molar-refractivity contribution is 5.76. The molecule has 2 unspecified atom stereocenters. The maximum absolute atomic E-state index is 11.7. The Hall–Kier alpha value is -1.39. The average molecular weight is 263 g/mol. The van der Waals surface area contributed by atoms with Crippen molar-refractivity contribution < 1.29 is 14.6 Å². The number of carbonyl (C=O) groups excluding carboxylic acids is 1. The predicted octanol–water partition coefficient (Wildman–Crippen LogP) is 1.80. The Bertz CT molecular complexity index is 388. The van der Waals surface area contributed by atoms with Crippen LogP contribution in [0.15, 0.2) is 30.3 Å². The van der Waals surface area contributed by atoms with Gasteiger partial charge in [-0.2, -0.15) is 0 Å². The van der Waals surface area contributed by atoms with Gasteiger partial charge < -0.3 is 15.2 Å². The number of nitrogens with one attached hydrogen (secondary N) is 1. The maximum atomic E-state index is 11.7. The fourth-order valence-corrected chi connectivity index (χ4v) is 2.29. The third-order valence-corrected chi connectivity index (χ3v) is 3.38. The predicted molar refractivity (Wildman–Crippen MR) is 72.6 cm³/mol. The Balaban J connectivity index is 1.66. The van der Waals surface area contributed by atoms with E-state index < -0.39 is 6.10 Å². The second kappa shape index (κ2) is 7.26. The molecule has 4 nitrogen and oxygen atoms in total. The lowest BCUT2D eigenvalue weighted by atomic mass is 10.1. The zero-order valence-electron chi connectivity index (χ0n) is 11.0. The number of hydrogen-bond acceptors (Lipinski definition) is 3. The van der Waals surface area contributed by atoms with Crippen molar-refractivity contribution in [3.05, 3.63) is 35.9 Å². The average Bonchev–Trinajstić information content (AvgIpc) is 2.93. The second-order valence-corrected chi connectivity index (χ2v) is 4.90. The summed E-state index contributed by atoms with van der Waals surface area (Å²) >= 11 is 0. The SMILES string of the molecule is O=C(CC(O)c1ccccc1)NCCC1CCCO1. The third kappa shape index (κ3) is 4.65. The summed E-state index contributed by atoms with van der Waals surface area (Å²) in [5.41, 5.74) is 0.775. The summed E-state index contributed by atoms with van der Waals surface area (Å²) in [4.78, 5) is 11.7. The first kappa shape index (κ1) is 14.0. The van der Waals surface area contributed by atoms with Gasteiger partial charge in [0, 0.05) is 13.2 Å². The molecule has 0 aromatic heterocycles. The van der Waals surface area contributed by atoms with Gasteiger partial charge in [0.25, 0.3) is 0 Å². The zero-order valence-corrected chi connectivity index (χ0v) is 11.0. The van der Waals surface area contributed by atoms with E-state index in [2.05, 4.69) is 5.32 Å². The molecule has 0 saturated carbocycles. The lowest BCUT2D eigenvalue weighted by Crippen LogP contribution is -2.28. The van der Waals surface area contributed by atoms with Gasteiger partial charge in [-0.25, -0.2) is 0 Å². The molecule has 2 rings (SSSR count). The van der Waals surface area contributed by atoms with E-state index in [0.717, 1.165) is 31.4 Å². The Morgan fingerprint density at radius 3 is 2.89 bits per heavy atom. The van der Waals surface area contributed by atoms with E-state index in [9.17, 15) is 9.90 Å². The molecule has 0 spiro atoms. The van der Waals surface area contributed by atoms with Crippen LogP contribution in [0.1, 0.15) is 37.4 Å². The molecule has 1 heterocycles. The van der Waals surface area contributed by atoms with Gasteiger partial charge in [0.2, 0.25) is 5.91 Å². The van der Waals surface area contributed by atoms with E-state index in [1.165, 1.54) is 0 Å². The van der Waals surface area contributed by atoms with Crippen molar-refractivity contribution in [2.24, 2.45) is 0 Å². The topological polar surface area (TPSA) is 58.6 Å². The van der Waals surface area contributed by atoms with E-state index in [0.29, 0.717) is 12.6 Å². The molecule has 2 atom stereocenters. The van der Waals surface area contributed by atoms with Gasteiger partial charge in [-0.05, 0) is 24.8 Å². The van der Waals surface area contributed by atoms with Gasteiger partial charge in [0.15, 0.2) is 0 Å². The summed E-state index contributed by atoms with van der Waals surface area (Å²) in [5, 5.41) is 12.7. The molecule has 0 radical (unpaired) electrons. The van der Waals surface area contributed by atoms with Gasteiger partial charge in [-0.1, -0.05) is 30.3 Å². The Morgan fingerprint density at radius 1 is 1.42 bits per heavy atom. The van der Waals surface area contributed by atoms with Crippen LogP contribution in [0.5, 0.6) is 0 Å². The monoisotopic (exact) mass is 263 g/mol. The lowest BCUT2D eigenvalue weighted by Gasteiger charge is -2.12. The Kier molecular flexibility index (Phi) is 5.36. The van der Waals surface area contributed by atoms with Crippen LogP contribution in [0.4, 0.5) is 0 Å². The molecule has 1 fully saturated rings. The second-order valence-electron chi connectivity index (χ2n) is 4.90. The molecule has 1 aromatic carbocycles. The molecule has 0 aliphatic carbocycles. The number of ether oxygens (including phenoxy) is 1. The third-order valence-electron chi connectivity index (χ3n) is 3.38. The van der Waals surface area contributed by atoms with Crippen LogP contribution < -0.4 is 5.32 Å². The van der Waals surface area contributed by atoms with Crippen LogP contribution in [-0.4, -0.2) is 30.3 Å². The van der Waals surface area contributed by atoms with Crippen LogP contribution in [-0.2, 0) is 9.53 Å². The molecule has 0 bridgehead atoms. The van der Waals surface area contributed by atoms with Crippen molar-refractivity contribution in [3.8, 4) is 0 Å². The van der Waals surface area contributed by atoms with Gasteiger partial charge >= 0.3 is 0 Å². The van der Waals surface area contributed by atoms with Crippen molar-refractivity contribution >= 4 is 5.91 Å². The van der Waals surface area contributed by atoms with Gasteiger partial charge in [-0.3, -0.25) is 4.79 Å². The van der Waals surface area contributed by atoms with Crippen LogP contribution in [0.2, 0.25) is 0 Å². The molecular weight excluding hydrogens is 242 g/mol. The molecule has 2 N–H and O–H groups in total. The standard InChI is InChI=1S/C15H21NO3/c17-14(12-5-2-1-3-6-12)11-15(18)16-9-8-13-7-4-10-19-13/h1-3,5-6,13-14,17H,4,7-11H2,(H,16,18). The van der Waals surface area contributed by atoms with Crippen LogP contribution >= 0.6 is 0 Å². The lowest BCUT2D eigenvalue weighted by molar-refractivity contribution is -0.123. The summed E-state index contributed by atoms with van der Waals surface area (Å²) in [6.45, 7) is 1.45. The van der Waals surface area contributed by atoms with Crippen LogP contribution in [0, 0.1) is 0 Å². The smallest absolute Gasteiger partial charge is 0.222 e. The van der Waals surface area contributed by atoms with Crippen LogP contribution in [0.3, 0.4) is 0 Å². The van der Waals surface area contributed by atoms with Gasteiger partial charge in [-0.15, -0.1) is 0 Å². The molecule has 19 heavy (non-hydrogen) atoms. The highest BCUT2D eigenvalue weighted by Crippen LogP contribution is 2.16. The summed E-state index contributed by atoms with van der Waals surface area (Å²) in [6.07, 6.45) is 2.72.